The summed E-state index contributed by atoms with van der Waals surface area (Å²) in [5, 5.41) is 6.92. The first kappa shape index (κ1) is 17.8. The minimum absolute atomic E-state index is 0.482. The van der Waals surface area contributed by atoms with Crippen molar-refractivity contribution in [1.82, 2.24) is 9.97 Å². The lowest BCUT2D eigenvalue weighted by atomic mass is 10.1. The molecule has 6 heteroatoms. The highest BCUT2D eigenvalue weighted by Gasteiger charge is 2.17. The third-order valence-electron chi connectivity index (χ3n) is 5.30. The first-order valence-corrected chi connectivity index (χ1v) is 10.2. The van der Waals surface area contributed by atoms with E-state index in [4.69, 9.17) is 19.4 Å². The average molecular weight is 388 g/mol. The molecule has 1 aliphatic carbocycles. The molecule has 0 saturated heterocycles. The summed E-state index contributed by atoms with van der Waals surface area (Å²) in [4.78, 5) is 9.48. The SMILES string of the molecule is c1ccc(-c2cc(NC3CCCC3)nc(Nc3ccc4c(c3)OCCO4)n2)cc1. The van der Waals surface area contributed by atoms with Crippen LogP contribution in [-0.4, -0.2) is 29.2 Å². The molecular weight excluding hydrogens is 364 g/mol. The Balaban J connectivity index is 1.46. The van der Waals surface area contributed by atoms with Gasteiger partial charge in [-0.15, -0.1) is 0 Å². The Morgan fingerprint density at radius 1 is 0.828 bits per heavy atom. The monoisotopic (exact) mass is 388 g/mol. The third-order valence-corrected chi connectivity index (χ3v) is 5.30. The number of nitrogens with one attached hydrogen (secondary N) is 2. The summed E-state index contributed by atoms with van der Waals surface area (Å²) in [6.07, 6.45) is 4.93. The van der Waals surface area contributed by atoms with Crippen molar-refractivity contribution in [1.29, 1.82) is 0 Å². The van der Waals surface area contributed by atoms with Gasteiger partial charge in [-0.25, -0.2) is 4.98 Å². The highest BCUT2D eigenvalue weighted by molar-refractivity contribution is 5.67. The Labute approximate surface area is 170 Å². The summed E-state index contributed by atoms with van der Waals surface area (Å²) in [5.74, 6) is 2.92. The van der Waals surface area contributed by atoms with E-state index in [1.165, 1.54) is 25.7 Å². The van der Waals surface area contributed by atoms with Gasteiger partial charge < -0.3 is 20.1 Å². The second-order valence-corrected chi connectivity index (χ2v) is 7.44. The lowest BCUT2D eigenvalue weighted by molar-refractivity contribution is 0.171. The van der Waals surface area contributed by atoms with E-state index in [9.17, 15) is 0 Å². The highest BCUT2D eigenvalue weighted by Crippen LogP contribution is 2.34. The fraction of sp³-hybridized carbons (Fsp3) is 0.304. The maximum atomic E-state index is 5.69. The largest absolute Gasteiger partial charge is 0.486 e. The van der Waals surface area contributed by atoms with Crippen molar-refractivity contribution in [3.8, 4) is 22.8 Å². The van der Waals surface area contributed by atoms with Crippen molar-refractivity contribution in [3.05, 3.63) is 54.6 Å². The van der Waals surface area contributed by atoms with Gasteiger partial charge in [-0.1, -0.05) is 43.2 Å². The van der Waals surface area contributed by atoms with Crippen molar-refractivity contribution in [2.75, 3.05) is 23.8 Å². The highest BCUT2D eigenvalue weighted by atomic mass is 16.6. The molecule has 1 saturated carbocycles. The molecule has 1 fully saturated rings. The Morgan fingerprint density at radius 2 is 1.62 bits per heavy atom. The van der Waals surface area contributed by atoms with Gasteiger partial charge in [0, 0.05) is 29.4 Å². The Morgan fingerprint density at radius 3 is 2.45 bits per heavy atom. The molecule has 0 atom stereocenters. The summed E-state index contributed by atoms with van der Waals surface area (Å²) in [5.41, 5.74) is 2.82. The number of nitrogens with zero attached hydrogens (tertiary/aromatic N) is 2. The summed E-state index contributed by atoms with van der Waals surface area (Å²) in [7, 11) is 0. The zero-order valence-corrected chi connectivity index (χ0v) is 16.2. The van der Waals surface area contributed by atoms with Crippen LogP contribution in [0, 0.1) is 0 Å². The normalized spacial score (nSPS) is 15.9. The van der Waals surface area contributed by atoms with Crippen molar-refractivity contribution in [3.63, 3.8) is 0 Å². The van der Waals surface area contributed by atoms with Crippen LogP contribution in [0.5, 0.6) is 11.5 Å². The van der Waals surface area contributed by atoms with E-state index in [-0.39, 0.29) is 0 Å². The molecule has 1 aliphatic heterocycles. The molecule has 0 unspecified atom stereocenters. The molecule has 0 radical (unpaired) electrons. The summed E-state index contributed by atoms with van der Waals surface area (Å²) in [6.45, 7) is 1.14. The van der Waals surface area contributed by atoms with E-state index >= 15 is 0 Å². The molecule has 2 N–H and O–H groups in total. The van der Waals surface area contributed by atoms with Crippen LogP contribution in [-0.2, 0) is 0 Å². The topological polar surface area (TPSA) is 68.3 Å². The van der Waals surface area contributed by atoms with Crippen molar-refractivity contribution < 1.29 is 9.47 Å². The predicted octanol–water partition coefficient (Wildman–Crippen LogP) is 5.01. The minimum Gasteiger partial charge on any atom is -0.486 e. The second-order valence-electron chi connectivity index (χ2n) is 7.44. The van der Waals surface area contributed by atoms with Crippen LogP contribution in [0.4, 0.5) is 17.5 Å². The number of aromatic nitrogens is 2. The average Bonchev–Trinajstić information content (AvgIpc) is 3.27. The van der Waals surface area contributed by atoms with Crippen LogP contribution in [0.15, 0.2) is 54.6 Å². The van der Waals surface area contributed by atoms with Crippen molar-refractivity contribution >= 4 is 17.5 Å². The quantitative estimate of drug-likeness (QED) is 0.640. The van der Waals surface area contributed by atoms with Gasteiger partial charge in [0.15, 0.2) is 11.5 Å². The van der Waals surface area contributed by atoms with E-state index in [1.54, 1.807) is 0 Å². The number of fused-ring (bicyclic) bond motifs is 1. The van der Waals surface area contributed by atoms with Gasteiger partial charge >= 0.3 is 0 Å². The Bertz CT molecular complexity index is 987. The van der Waals surface area contributed by atoms with Gasteiger partial charge in [-0.3, -0.25) is 0 Å². The number of anilines is 3. The summed E-state index contributed by atoms with van der Waals surface area (Å²) >= 11 is 0. The van der Waals surface area contributed by atoms with E-state index in [1.807, 2.05) is 42.5 Å². The predicted molar refractivity (Wildman–Crippen MR) is 114 cm³/mol. The molecule has 1 aromatic heterocycles. The van der Waals surface area contributed by atoms with Crippen LogP contribution in [0.2, 0.25) is 0 Å². The van der Waals surface area contributed by atoms with E-state index in [0.29, 0.717) is 25.2 Å². The minimum atomic E-state index is 0.482. The molecule has 29 heavy (non-hydrogen) atoms. The smallest absolute Gasteiger partial charge is 0.229 e. The molecule has 2 heterocycles. The molecule has 148 valence electrons. The van der Waals surface area contributed by atoms with Gasteiger partial charge in [-0.2, -0.15) is 4.98 Å². The van der Waals surface area contributed by atoms with Gasteiger partial charge in [0.2, 0.25) is 5.95 Å². The number of rotatable bonds is 5. The molecule has 5 rings (SSSR count). The molecule has 6 nitrogen and oxygen atoms in total. The van der Waals surface area contributed by atoms with Crippen molar-refractivity contribution in [2.45, 2.75) is 31.7 Å². The summed E-state index contributed by atoms with van der Waals surface area (Å²) in [6, 6.07) is 18.5. The fourth-order valence-electron chi connectivity index (χ4n) is 3.86. The van der Waals surface area contributed by atoms with E-state index in [2.05, 4.69) is 22.8 Å². The molecular formula is C23H24N4O2. The zero-order chi connectivity index (χ0) is 19.5. The van der Waals surface area contributed by atoms with Crippen LogP contribution in [0.1, 0.15) is 25.7 Å². The van der Waals surface area contributed by atoms with Crippen LogP contribution < -0.4 is 20.1 Å². The molecule has 0 amide bonds. The molecule has 3 aromatic rings. The number of benzene rings is 2. The van der Waals surface area contributed by atoms with Crippen LogP contribution in [0.25, 0.3) is 11.3 Å². The van der Waals surface area contributed by atoms with E-state index in [0.717, 1.165) is 34.3 Å². The Hall–Kier alpha value is -3.28. The van der Waals surface area contributed by atoms with Gasteiger partial charge in [0.25, 0.3) is 0 Å². The first-order chi connectivity index (χ1) is 14.3. The molecule has 0 bridgehead atoms. The lowest BCUT2D eigenvalue weighted by Crippen LogP contribution is -2.16. The maximum absolute atomic E-state index is 5.69. The number of ether oxygens (including phenoxy) is 2. The molecule has 0 spiro atoms. The van der Waals surface area contributed by atoms with Crippen LogP contribution >= 0.6 is 0 Å². The van der Waals surface area contributed by atoms with Gasteiger partial charge in [0.05, 0.1) is 5.69 Å². The molecule has 2 aromatic carbocycles. The third kappa shape index (κ3) is 4.11. The van der Waals surface area contributed by atoms with E-state index < -0.39 is 0 Å². The standard InChI is InChI=1S/C23H24N4O2/c1-2-6-16(7-3-1)19-15-22(24-17-8-4-5-9-17)27-23(26-19)25-18-10-11-20-21(14-18)29-13-12-28-20/h1-3,6-7,10-11,14-15,17H,4-5,8-9,12-13H2,(H2,24,25,26,27). The lowest BCUT2D eigenvalue weighted by Gasteiger charge is -2.19. The van der Waals surface area contributed by atoms with Gasteiger partial charge in [-0.05, 0) is 25.0 Å². The summed E-state index contributed by atoms with van der Waals surface area (Å²) < 4.78 is 11.3. The zero-order valence-electron chi connectivity index (χ0n) is 16.2. The fourth-order valence-corrected chi connectivity index (χ4v) is 3.86. The Kier molecular flexibility index (Phi) is 4.90. The first-order valence-electron chi connectivity index (χ1n) is 10.2. The second kappa shape index (κ2) is 7.99. The van der Waals surface area contributed by atoms with Crippen LogP contribution in [0.3, 0.4) is 0 Å². The van der Waals surface area contributed by atoms with Crippen molar-refractivity contribution in [2.24, 2.45) is 0 Å². The molecule has 2 aliphatic rings. The maximum Gasteiger partial charge on any atom is 0.229 e. The number of hydrogen-bond donors (Lipinski definition) is 2. The van der Waals surface area contributed by atoms with Gasteiger partial charge in [0.1, 0.15) is 19.0 Å². The number of hydrogen-bond acceptors (Lipinski definition) is 6.